The van der Waals surface area contributed by atoms with Crippen molar-refractivity contribution in [1.82, 2.24) is 0 Å². The largest absolute Gasteiger partial charge is 0.435 e. The van der Waals surface area contributed by atoms with Crippen molar-refractivity contribution < 1.29 is 14.3 Å². The molecule has 0 rings (SSSR count). The number of esters is 1. The normalized spacial score (nSPS) is 9.55. The van der Waals surface area contributed by atoms with Crippen molar-refractivity contribution in [2.45, 2.75) is 13.3 Å². The molecule has 0 radical (unpaired) electrons. The van der Waals surface area contributed by atoms with Crippen molar-refractivity contribution in [3.63, 3.8) is 0 Å². The summed E-state index contributed by atoms with van der Waals surface area (Å²) in [5, 5.41) is 0. The Labute approximate surface area is 65.4 Å². The summed E-state index contributed by atoms with van der Waals surface area (Å²) in [6.07, 6.45) is 3.94. The van der Waals surface area contributed by atoms with Crippen LogP contribution < -0.4 is 0 Å². The average Bonchev–Trinajstić information content (AvgIpc) is 1.87. The van der Waals surface area contributed by atoms with Crippen LogP contribution in [0.4, 0.5) is 0 Å². The molecule has 0 spiro atoms. The summed E-state index contributed by atoms with van der Waals surface area (Å²) in [7, 11) is 0. The monoisotopic (exact) mass is 154 g/mol. The molecule has 0 N–H and O–H groups in total. The van der Waals surface area contributed by atoms with Gasteiger partial charge in [0.2, 0.25) is 0 Å². The number of allylic oxidation sites excluding steroid dienone is 1. The molecule has 3 heteroatoms. The quantitative estimate of drug-likeness (QED) is 0.347. The lowest BCUT2D eigenvalue weighted by molar-refractivity contribution is -0.136. The van der Waals surface area contributed by atoms with Gasteiger partial charge in [-0.2, -0.15) is 0 Å². The summed E-state index contributed by atoms with van der Waals surface area (Å²) >= 11 is 0. The van der Waals surface area contributed by atoms with Gasteiger partial charge < -0.3 is 4.74 Å². The first-order valence-corrected chi connectivity index (χ1v) is 3.14. The first-order valence-electron chi connectivity index (χ1n) is 3.14. The molecule has 3 nitrogen and oxygen atoms in total. The first-order chi connectivity index (χ1) is 5.16. The topological polar surface area (TPSA) is 43.4 Å². The van der Waals surface area contributed by atoms with Crippen LogP contribution in [0.3, 0.4) is 0 Å². The van der Waals surface area contributed by atoms with Crippen LogP contribution in [0.2, 0.25) is 0 Å². The predicted octanol–water partition coefficient (Wildman–Crippen LogP) is 1.21. The minimum Gasteiger partial charge on any atom is -0.435 e. The zero-order chi connectivity index (χ0) is 8.69. The molecular weight excluding hydrogens is 144 g/mol. The van der Waals surface area contributed by atoms with E-state index in [1.165, 1.54) is 19.1 Å². The van der Waals surface area contributed by atoms with Crippen LogP contribution in [0.5, 0.6) is 0 Å². The summed E-state index contributed by atoms with van der Waals surface area (Å²) in [4.78, 5) is 20.9. The Kier molecular flexibility index (Phi) is 4.73. The number of hydrogen-bond acceptors (Lipinski definition) is 3. The zero-order valence-electron chi connectivity index (χ0n) is 6.37. The third kappa shape index (κ3) is 6.51. The van der Waals surface area contributed by atoms with E-state index in [9.17, 15) is 9.59 Å². The molecule has 0 aliphatic carbocycles. The lowest BCUT2D eigenvalue weighted by Gasteiger charge is -1.91. The maximum Gasteiger partial charge on any atom is 0.314 e. The molecule has 60 valence electrons. The maximum atomic E-state index is 10.6. The van der Waals surface area contributed by atoms with Crippen molar-refractivity contribution in [3.05, 3.63) is 25.0 Å². The molecule has 0 aliphatic heterocycles. The van der Waals surface area contributed by atoms with E-state index in [1.807, 2.05) is 0 Å². The number of ether oxygens (including phenoxy) is 1. The molecule has 11 heavy (non-hydrogen) atoms. The fraction of sp³-hybridized carbons (Fsp3) is 0.250. The number of carbonyl (C=O) groups excluding carboxylic acids is 2. The van der Waals surface area contributed by atoms with E-state index in [0.29, 0.717) is 0 Å². The smallest absolute Gasteiger partial charge is 0.314 e. The van der Waals surface area contributed by atoms with Gasteiger partial charge in [0.1, 0.15) is 0 Å². The standard InChI is InChI=1S/C8H10O3/c1-3-11-8(10)6-4-5-7(2)9/h3-5H,1,6H2,2H3. The molecule has 0 aromatic carbocycles. The minimum atomic E-state index is -0.419. The van der Waals surface area contributed by atoms with Gasteiger partial charge >= 0.3 is 5.97 Å². The van der Waals surface area contributed by atoms with Crippen molar-refractivity contribution in [1.29, 1.82) is 0 Å². The Balaban J connectivity index is 3.61. The van der Waals surface area contributed by atoms with Crippen LogP contribution in [0.15, 0.2) is 25.0 Å². The van der Waals surface area contributed by atoms with Gasteiger partial charge in [-0.15, -0.1) is 0 Å². The summed E-state index contributed by atoms with van der Waals surface area (Å²) in [5.74, 6) is -0.506. The Morgan fingerprint density at radius 3 is 2.64 bits per heavy atom. The fourth-order valence-corrected chi connectivity index (χ4v) is 0.462. The number of hydrogen-bond donors (Lipinski definition) is 0. The fourth-order valence-electron chi connectivity index (χ4n) is 0.462. The highest BCUT2D eigenvalue weighted by atomic mass is 16.5. The molecule has 0 aromatic rings. The molecule has 0 unspecified atom stereocenters. The Hall–Kier alpha value is -1.38. The molecule has 0 amide bonds. The Bertz CT molecular complexity index is 192. The van der Waals surface area contributed by atoms with Crippen LogP contribution in [0.25, 0.3) is 0 Å². The second kappa shape index (κ2) is 5.41. The second-order valence-corrected chi connectivity index (χ2v) is 1.87. The molecule has 0 saturated heterocycles. The second-order valence-electron chi connectivity index (χ2n) is 1.87. The molecule has 0 saturated carbocycles. The number of ketones is 1. The highest BCUT2D eigenvalue weighted by molar-refractivity contribution is 5.87. The third-order valence-corrected chi connectivity index (χ3v) is 0.852. The van der Waals surface area contributed by atoms with Crippen LogP contribution in [-0.4, -0.2) is 11.8 Å². The summed E-state index contributed by atoms with van der Waals surface area (Å²) in [6.45, 7) is 4.62. The predicted molar refractivity (Wildman–Crippen MR) is 40.7 cm³/mol. The van der Waals surface area contributed by atoms with Crippen molar-refractivity contribution in [2.24, 2.45) is 0 Å². The van der Waals surface area contributed by atoms with E-state index >= 15 is 0 Å². The van der Waals surface area contributed by atoms with Gasteiger partial charge in [-0.05, 0) is 13.0 Å². The SMILES string of the molecule is C=COC(=O)CC=CC(C)=O. The van der Waals surface area contributed by atoms with Gasteiger partial charge in [0, 0.05) is 0 Å². The molecule has 0 heterocycles. The Morgan fingerprint density at radius 2 is 2.18 bits per heavy atom. The van der Waals surface area contributed by atoms with Crippen LogP contribution in [0.1, 0.15) is 13.3 Å². The maximum absolute atomic E-state index is 10.6. The van der Waals surface area contributed by atoms with E-state index in [-0.39, 0.29) is 12.2 Å². The van der Waals surface area contributed by atoms with Crippen molar-refractivity contribution >= 4 is 11.8 Å². The summed E-state index contributed by atoms with van der Waals surface area (Å²) in [6, 6.07) is 0. The van der Waals surface area contributed by atoms with Crippen LogP contribution in [0, 0.1) is 0 Å². The van der Waals surface area contributed by atoms with E-state index in [4.69, 9.17) is 0 Å². The number of rotatable bonds is 4. The van der Waals surface area contributed by atoms with E-state index in [1.54, 1.807) is 0 Å². The van der Waals surface area contributed by atoms with E-state index < -0.39 is 5.97 Å². The third-order valence-electron chi connectivity index (χ3n) is 0.852. The molecule has 0 aromatic heterocycles. The van der Waals surface area contributed by atoms with Gasteiger partial charge in [-0.1, -0.05) is 12.7 Å². The zero-order valence-corrected chi connectivity index (χ0v) is 6.37. The van der Waals surface area contributed by atoms with Gasteiger partial charge in [0.15, 0.2) is 5.78 Å². The Morgan fingerprint density at radius 1 is 1.55 bits per heavy atom. The number of carbonyl (C=O) groups is 2. The van der Waals surface area contributed by atoms with Crippen LogP contribution >= 0.6 is 0 Å². The lowest BCUT2D eigenvalue weighted by Crippen LogP contribution is -1.96. The average molecular weight is 154 g/mol. The minimum absolute atomic E-state index is 0.0867. The van der Waals surface area contributed by atoms with Crippen LogP contribution in [-0.2, 0) is 14.3 Å². The molecule has 0 aliphatic rings. The first kappa shape index (κ1) is 9.62. The molecule has 0 fully saturated rings. The van der Waals surface area contributed by atoms with Crippen molar-refractivity contribution in [3.8, 4) is 0 Å². The van der Waals surface area contributed by atoms with Gasteiger partial charge in [0.05, 0.1) is 12.7 Å². The van der Waals surface area contributed by atoms with E-state index in [0.717, 1.165) is 6.26 Å². The molecule has 0 bridgehead atoms. The molecule has 0 atom stereocenters. The van der Waals surface area contributed by atoms with E-state index in [2.05, 4.69) is 11.3 Å². The highest BCUT2D eigenvalue weighted by Gasteiger charge is 1.94. The molecular formula is C8H10O3. The highest BCUT2D eigenvalue weighted by Crippen LogP contribution is 1.88. The van der Waals surface area contributed by atoms with Gasteiger partial charge in [0.25, 0.3) is 0 Å². The van der Waals surface area contributed by atoms with Crippen molar-refractivity contribution in [2.75, 3.05) is 0 Å². The summed E-state index contributed by atoms with van der Waals surface area (Å²) in [5.41, 5.74) is 0. The van der Waals surface area contributed by atoms with Gasteiger partial charge in [-0.25, -0.2) is 0 Å². The lowest BCUT2D eigenvalue weighted by atomic mass is 10.3. The summed E-state index contributed by atoms with van der Waals surface area (Å²) < 4.78 is 4.39. The van der Waals surface area contributed by atoms with Gasteiger partial charge in [-0.3, -0.25) is 9.59 Å².